The van der Waals surface area contributed by atoms with E-state index in [-0.39, 0.29) is 6.04 Å². The van der Waals surface area contributed by atoms with Crippen LogP contribution < -0.4 is 21.1 Å². The number of rotatable bonds is 7. The second kappa shape index (κ2) is 7.37. The second-order valence-corrected chi connectivity index (χ2v) is 5.19. The molecule has 2 rings (SSSR count). The summed E-state index contributed by atoms with van der Waals surface area (Å²) in [7, 11) is 1.69. The topological polar surface area (TPSA) is 92.4 Å². The Bertz CT molecular complexity index is 450. The molecule has 21 heavy (non-hydrogen) atoms. The predicted molar refractivity (Wildman–Crippen MR) is 83.4 cm³/mol. The van der Waals surface area contributed by atoms with Gasteiger partial charge in [0, 0.05) is 26.7 Å². The summed E-state index contributed by atoms with van der Waals surface area (Å²) in [6, 6.07) is 0.180. The fraction of sp³-hybridized carbons (Fsp3) is 0.769. The largest absolute Gasteiger partial charge is 0.383 e. The van der Waals surface area contributed by atoms with E-state index in [0.29, 0.717) is 24.5 Å². The Balaban J connectivity index is 2.29. The van der Waals surface area contributed by atoms with Gasteiger partial charge < -0.3 is 14.5 Å². The minimum atomic E-state index is 0.180. The highest BCUT2D eigenvalue weighted by Crippen LogP contribution is 2.21. The summed E-state index contributed by atoms with van der Waals surface area (Å²) in [5.41, 5.74) is 2.53. The molecular weight excluding hydrogens is 270 g/mol. The summed E-state index contributed by atoms with van der Waals surface area (Å²) in [6.45, 7) is 7.52. The predicted octanol–water partition coefficient (Wildman–Crippen LogP) is 0.619. The molecule has 0 radical (unpaired) electrons. The molecule has 1 aromatic rings. The number of nitrogen functional groups attached to an aromatic ring is 1. The van der Waals surface area contributed by atoms with E-state index in [1.807, 2.05) is 0 Å². The summed E-state index contributed by atoms with van der Waals surface area (Å²) in [6.07, 6.45) is 2.34. The Morgan fingerprint density at radius 1 is 1.33 bits per heavy atom. The van der Waals surface area contributed by atoms with Crippen LogP contribution in [0.25, 0.3) is 0 Å². The van der Waals surface area contributed by atoms with Gasteiger partial charge in [-0.15, -0.1) is 0 Å². The Morgan fingerprint density at radius 2 is 2.05 bits per heavy atom. The van der Waals surface area contributed by atoms with Gasteiger partial charge in [0.05, 0.1) is 12.6 Å². The number of hydrogen-bond acceptors (Lipinski definition) is 8. The fourth-order valence-corrected chi connectivity index (χ4v) is 2.59. The molecule has 2 heterocycles. The number of nitrogens with one attached hydrogen (secondary N) is 1. The molecule has 0 bridgehead atoms. The molecule has 0 saturated carbocycles. The van der Waals surface area contributed by atoms with E-state index in [2.05, 4.69) is 44.0 Å². The molecule has 1 aliphatic heterocycles. The Labute approximate surface area is 125 Å². The summed E-state index contributed by atoms with van der Waals surface area (Å²) in [5.74, 6) is 7.21. The van der Waals surface area contributed by atoms with Crippen LogP contribution in [-0.2, 0) is 4.74 Å². The number of hydrazine groups is 1. The van der Waals surface area contributed by atoms with Crippen molar-refractivity contribution in [1.82, 2.24) is 15.0 Å². The number of hydrogen-bond donors (Lipinski definition) is 2. The summed E-state index contributed by atoms with van der Waals surface area (Å²) < 4.78 is 5.23. The van der Waals surface area contributed by atoms with E-state index in [4.69, 9.17) is 10.6 Å². The molecule has 1 atom stereocenters. The third-order valence-electron chi connectivity index (χ3n) is 3.67. The zero-order chi connectivity index (χ0) is 15.2. The van der Waals surface area contributed by atoms with E-state index in [9.17, 15) is 0 Å². The van der Waals surface area contributed by atoms with Crippen molar-refractivity contribution in [1.29, 1.82) is 0 Å². The van der Waals surface area contributed by atoms with Gasteiger partial charge in [0.2, 0.25) is 17.8 Å². The van der Waals surface area contributed by atoms with Crippen LogP contribution >= 0.6 is 0 Å². The Kier molecular flexibility index (Phi) is 5.51. The lowest BCUT2D eigenvalue weighted by molar-refractivity contribution is 0.181. The van der Waals surface area contributed by atoms with Crippen molar-refractivity contribution in [2.45, 2.75) is 32.7 Å². The van der Waals surface area contributed by atoms with Crippen LogP contribution in [0.3, 0.4) is 0 Å². The molecule has 8 nitrogen and oxygen atoms in total. The number of nitrogens with zero attached hydrogens (tertiary/aromatic N) is 5. The van der Waals surface area contributed by atoms with Crippen LogP contribution in [-0.4, -0.2) is 54.3 Å². The molecule has 0 spiro atoms. The summed E-state index contributed by atoms with van der Waals surface area (Å²) >= 11 is 0. The fourth-order valence-electron chi connectivity index (χ4n) is 2.59. The van der Waals surface area contributed by atoms with Crippen LogP contribution in [0, 0.1) is 0 Å². The minimum absolute atomic E-state index is 0.180. The third-order valence-corrected chi connectivity index (χ3v) is 3.67. The molecule has 3 N–H and O–H groups in total. The number of aromatic nitrogens is 3. The zero-order valence-corrected chi connectivity index (χ0v) is 13.0. The van der Waals surface area contributed by atoms with Crippen molar-refractivity contribution in [3.05, 3.63) is 0 Å². The lowest BCUT2D eigenvalue weighted by Gasteiger charge is -2.28. The molecule has 1 aliphatic rings. The van der Waals surface area contributed by atoms with Crippen LogP contribution in [0.2, 0.25) is 0 Å². The molecule has 1 aromatic heterocycles. The van der Waals surface area contributed by atoms with E-state index in [1.54, 1.807) is 7.11 Å². The van der Waals surface area contributed by atoms with Crippen molar-refractivity contribution in [2.75, 3.05) is 48.6 Å². The first kappa shape index (κ1) is 15.7. The molecule has 8 heteroatoms. The van der Waals surface area contributed by atoms with Gasteiger partial charge in [-0.05, 0) is 26.7 Å². The summed E-state index contributed by atoms with van der Waals surface area (Å²) in [4.78, 5) is 17.6. The normalized spacial score (nSPS) is 16.1. The van der Waals surface area contributed by atoms with Gasteiger partial charge in [0.1, 0.15) is 0 Å². The smallest absolute Gasteiger partial charge is 0.243 e. The van der Waals surface area contributed by atoms with Gasteiger partial charge in [0.25, 0.3) is 0 Å². The first-order valence-corrected chi connectivity index (χ1v) is 7.42. The van der Waals surface area contributed by atoms with Crippen molar-refractivity contribution < 1.29 is 4.74 Å². The molecule has 0 aromatic carbocycles. The van der Waals surface area contributed by atoms with Gasteiger partial charge in [-0.3, -0.25) is 5.43 Å². The Morgan fingerprint density at radius 3 is 2.62 bits per heavy atom. The van der Waals surface area contributed by atoms with E-state index < -0.39 is 0 Å². The maximum Gasteiger partial charge on any atom is 0.243 e. The number of methoxy groups -OCH3 is 1. The molecule has 1 unspecified atom stereocenters. The Hall–Kier alpha value is -1.67. The highest BCUT2D eigenvalue weighted by molar-refractivity contribution is 5.45. The minimum Gasteiger partial charge on any atom is -0.383 e. The maximum absolute atomic E-state index is 5.50. The highest BCUT2D eigenvalue weighted by Gasteiger charge is 2.21. The van der Waals surface area contributed by atoms with Gasteiger partial charge in [-0.2, -0.15) is 15.0 Å². The first-order valence-electron chi connectivity index (χ1n) is 7.42. The van der Waals surface area contributed by atoms with Crippen LogP contribution in [0.5, 0.6) is 0 Å². The van der Waals surface area contributed by atoms with Gasteiger partial charge in [-0.1, -0.05) is 0 Å². The highest BCUT2D eigenvalue weighted by atomic mass is 16.5. The monoisotopic (exact) mass is 295 g/mol. The molecule has 0 aliphatic carbocycles. The molecule has 118 valence electrons. The van der Waals surface area contributed by atoms with Crippen molar-refractivity contribution in [3.8, 4) is 0 Å². The number of ether oxygens (including phenoxy) is 1. The van der Waals surface area contributed by atoms with E-state index in [0.717, 1.165) is 19.6 Å². The third kappa shape index (κ3) is 3.70. The second-order valence-electron chi connectivity index (χ2n) is 5.19. The molecule has 1 fully saturated rings. The van der Waals surface area contributed by atoms with Crippen LogP contribution in [0.1, 0.15) is 26.7 Å². The molecule has 1 saturated heterocycles. The number of anilines is 3. The lowest BCUT2D eigenvalue weighted by Crippen LogP contribution is -2.38. The van der Waals surface area contributed by atoms with Crippen molar-refractivity contribution >= 4 is 17.8 Å². The number of nitrogens with two attached hydrogens (primary N) is 1. The van der Waals surface area contributed by atoms with E-state index >= 15 is 0 Å². The first-order chi connectivity index (χ1) is 10.2. The number of likely N-dealkylation sites (N-methyl/N-ethyl adjacent to an activating group) is 1. The molecular formula is C13H25N7O. The zero-order valence-electron chi connectivity index (χ0n) is 13.0. The quantitative estimate of drug-likeness (QED) is 0.558. The average molecular weight is 295 g/mol. The lowest BCUT2D eigenvalue weighted by atomic mass is 10.3. The van der Waals surface area contributed by atoms with Gasteiger partial charge >= 0.3 is 0 Å². The average Bonchev–Trinajstić information content (AvgIpc) is 3.02. The SMILES string of the molecule is CCN(c1nc(NN)nc(N2CCCC2)n1)C(C)COC. The van der Waals surface area contributed by atoms with Crippen LogP contribution in [0.4, 0.5) is 17.8 Å². The standard InChI is InChI=1S/C13H25N7O/c1-4-20(10(2)9-21-3)13-16-11(18-14)15-12(17-13)19-7-5-6-8-19/h10H,4-9,14H2,1-3H3,(H,15,16,17,18). The summed E-state index contributed by atoms with van der Waals surface area (Å²) in [5, 5.41) is 0. The van der Waals surface area contributed by atoms with Crippen molar-refractivity contribution in [3.63, 3.8) is 0 Å². The van der Waals surface area contributed by atoms with E-state index in [1.165, 1.54) is 12.8 Å². The van der Waals surface area contributed by atoms with Crippen molar-refractivity contribution in [2.24, 2.45) is 5.84 Å². The van der Waals surface area contributed by atoms with Crippen LogP contribution in [0.15, 0.2) is 0 Å². The molecule has 0 amide bonds. The van der Waals surface area contributed by atoms with Gasteiger partial charge in [-0.25, -0.2) is 5.84 Å². The maximum atomic E-state index is 5.50. The van der Waals surface area contributed by atoms with Gasteiger partial charge in [0.15, 0.2) is 0 Å².